The van der Waals surface area contributed by atoms with Crippen molar-refractivity contribution in [3.05, 3.63) is 0 Å². The van der Waals surface area contributed by atoms with Crippen LogP contribution in [-0.4, -0.2) is 30.4 Å². The molecule has 0 aromatic rings. The Morgan fingerprint density at radius 1 is 1.24 bits per heavy atom. The van der Waals surface area contributed by atoms with Crippen molar-refractivity contribution in [2.75, 3.05) is 7.11 Å². The van der Waals surface area contributed by atoms with Crippen LogP contribution >= 0.6 is 0 Å². The highest BCUT2D eigenvalue weighted by Gasteiger charge is 2.46. The summed E-state index contributed by atoms with van der Waals surface area (Å²) in [6.07, 6.45) is 0.417. The summed E-state index contributed by atoms with van der Waals surface area (Å²) in [4.78, 5) is 36.3. The Bertz CT molecular complexity index is 421. The Kier molecular flexibility index (Phi) is 5.54. The summed E-state index contributed by atoms with van der Waals surface area (Å²) < 4.78 is 10.1. The predicted molar refractivity (Wildman–Crippen MR) is 77.4 cm³/mol. The summed E-state index contributed by atoms with van der Waals surface area (Å²) >= 11 is 0. The average molecular weight is 298 g/mol. The highest BCUT2D eigenvalue weighted by atomic mass is 16.6. The van der Waals surface area contributed by atoms with E-state index >= 15 is 0 Å². The van der Waals surface area contributed by atoms with Crippen LogP contribution in [0.25, 0.3) is 0 Å². The van der Waals surface area contributed by atoms with Crippen LogP contribution in [0.1, 0.15) is 47.5 Å². The second-order valence-corrected chi connectivity index (χ2v) is 6.96. The number of carbonyl (C=O) groups is 3. The minimum absolute atomic E-state index is 0.0671. The van der Waals surface area contributed by atoms with E-state index < -0.39 is 23.5 Å². The molecule has 120 valence electrons. The average Bonchev–Trinajstić information content (AvgIpc) is 2.32. The molecule has 0 aromatic heterocycles. The molecule has 21 heavy (non-hydrogen) atoms. The third-order valence-electron chi connectivity index (χ3n) is 4.16. The second kappa shape index (κ2) is 6.58. The number of carbonyl (C=O) groups excluding carboxylic acids is 3. The lowest BCUT2D eigenvalue weighted by molar-refractivity contribution is -0.168. The summed E-state index contributed by atoms with van der Waals surface area (Å²) in [5.74, 6) is -2.06. The number of ether oxygens (including phenoxy) is 2. The first-order valence-electron chi connectivity index (χ1n) is 7.39. The Morgan fingerprint density at radius 2 is 1.81 bits per heavy atom. The standard InChI is InChI=1S/C16H26O5/c1-9-7-12(17)14(15(19)21-16(3,4)5)11(10(9)2)8-13(18)20-6/h9-11,14H,7-8H2,1-6H3/t9-,10+,11+,14?/m0/s1. The molecule has 0 aliphatic heterocycles. The summed E-state index contributed by atoms with van der Waals surface area (Å²) in [6, 6.07) is 0. The maximum atomic E-state index is 12.4. The number of Topliss-reactive ketones (excluding diaryl/α,β-unsaturated/α-hetero) is 1. The monoisotopic (exact) mass is 298 g/mol. The van der Waals surface area contributed by atoms with E-state index in [1.54, 1.807) is 20.8 Å². The molecule has 0 spiro atoms. The van der Waals surface area contributed by atoms with Crippen LogP contribution in [0, 0.1) is 23.7 Å². The zero-order valence-electron chi connectivity index (χ0n) is 13.8. The van der Waals surface area contributed by atoms with Crippen molar-refractivity contribution in [2.45, 2.75) is 53.1 Å². The van der Waals surface area contributed by atoms with Gasteiger partial charge in [-0.1, -0.05) is 13.8 Å². The summed E-state index contributed by atoms with van der Waals surface area (Å²) in [5.41, 5.74) is -0.653. The Morgan fingerprint density at radius 3 is 2.29 bits per heavy atom. The molecule has 0 aromatic carbocycles. The van der Waals surface area contributed by atoms with Crippen LogP contribution in [0.3, 0.4) is 0 Å². The van der Waals surface area contributed by atoms with Crippen LogP contribution in [0.15, 0.2) is 0 Å². The first kappa shape index (κ1) is 17.7. The number of ketones is 1. The van der Waals surface area contributed by atoms with Crippen molar-refractivity contribution in [3.8, 4) is 0 Å². The minimum atomic E-state index is -0.866. The number of esters is 2. The molecule has 1 aliphatic rings. The van der Waals surface area contributed by atoms with Gasteiger partial charge in [0.15, 0.2) is 0 Å². The third kappa shape index (κ3) is 4.55. The van der Waals surface area contributed by atoms with Gasteiger partial charge in [-0.15, -0.1) is 0 Å². The van der Waals surface area contributed by atoms with Gasteiger partial charge in [0.1, 0.15) is 17.3 Å². The maximum Gasteiger partial charge on any atom is 0.317 e. The van der Waals surface area contributed by atoms with Gasteiger partial charge in [0.2, 0.25) is 0 Å². The van der Waals surface area contributed by atoms with E-state index in [0.717, 1.165) is 0 Å². The Hall–Kier alpha value is -1.39. The van der Waals surface area contributed by atoms with Crippen LogP contribution in [0.4, 0.5) is 0 Å². The van der Waals surface area contributed by atoms with Crippen molar-refractivity contribution >= 4 is 17.7 Å². The molecule has 0 saturated heterocycles. The van der Waals surface area contributed by atoms with Gasteiger partial charge in [-0.05, 0) is 38.5 Å². The molecule has 1 saturated carbocycles. The number of hydrogen-bond acceptors (Lipinski definition) is 5. The smallest absolute Gasteiger partial charge is 0.317 e. The molecule has 5 nitrogen and oxygen atoms in total. The topological polar surface area (TPSA) is 69.7 Å². The lowest BCUT2D eigenvalue weighted by Crippen LogP contribution is -2.45. The van der Waals surface area contributed by atoms with E-state index in [1.807, 2.05) is 13.8 Å². The fraction of sp³-hybridized carbons (Fsp3) is 0.812. The number of rotatable bonds is 3. The molecule has 5 heteroatoms. The lowest BCUT2D eigenvalue weighted by Gasteiger charge is -2.38. The van der Waals surface area contributed by atoms with Gasteiger partial charge in [0.25, 0.3) is 0 Å². The van der Waals surface area contributed by atoms with Gasteiger partial charge in [0, 0.05) is 12.8 Å². The van der Waals surface area contributed by atoms with E-state index in [2.05, 4.69) is 0 Å². The van der Waals surface area contributed by atoms with Gasteiger partial charge < -0.3 is 9.47 Å². The van der Waals surface area contributed by atoms with E-state index in [1.165, 1.54) is 7.11 Å². The molecule has 1 aliphatic carbocycles. The first-order chi connectivity index (χ1) is 9.56. The van der Waals surface area contributed by atoms with Gasteiger partial charge in [0.05, 0.1) is 7.11 Å². The molecule has 0 N–H and O–H groups in total. The zero-order valence-corrected chi connectivity index (χ0v) is 13.8. The van der Waals surface area contributed by atoms with Crippen LogP contribution in [0.2, 0.25) is 0 Å². The van der Waals surface area contributed by atoms with Crippen molar-refractivity contribution in [1.82, 2.24) is 0 Å². The fourth-order valence-electron chi connectivity index (χ4n) is 2.85. The normalized spacial score (nSPS) is 29.9. The highest BCUT2D eigenvalue weighted by Crippen LogP contribution is 2.39. The molecule has 0 heterocycles. The Labute approximate surface area is 126 Å². The van der Waals surface area contributed by atoms with Gasteiger partial charge in [-0.25, -0.2) is 0 Å². The quantitative estimate of drug-likeness (QED) is 0.591. The van der Waals surface area contributed by atoms with E-state index in [0.29, 0.717) is 6.42 Å². The van der Waals surface area contributed by atoms with Gasteiger partial charge in [-0.2, -0.15) is 0 Å². The van der Waals surface area contributed by atoms with Crippen LogP contribution in [-0.2, 0) is 23.9 Å². The summed E-state index contributed by atoms with van der Waals surface area (Å²) in [5, 5.41) is 0. The van der Waals surface area contributed by atoms with Crippen LogP contribution < -0.4 is 0 Å². The highest BCUT2D eigenvalue weighted by molar-refractivity contribution is 6.00. The largest absolute Gasteiger partial charge is 0.469 e. The number of methoxy groups -OCH3 is 1. The molecule has 4 atom stereocenters. The van der Waals surface area contributed by atoms with Crippen molar-refractivity contribution in [1.29, 1.82) is 0 Å². The van der Waals surface area contributed by atoms with Crippen molar-refractivity contribution in [2.24, 2.45) is 23.7 Å². The second-order valence-electron chi connectivity index (χ2n) is 6.96. The van der Waals surface area contributed by atoms with E-state index in [9.17, 15) is 14.4 Å². The maximum absolute atomic E-state index is 12.4. The molecule has 0 bridgehead atoms. The molecule has 1 unspecified atom stereocenters. The first-order valence-corrected chi connectivity index (χ1v) is 7.39. The molecule has 0 radical (unpaired) electrons. The molecule has 1 fully saturated rings. The third-order valence-corrected chi connectivity index (χ3v) is 4.16. The molecule has 0 amide bonds. The van der Waals surface area contributed by atoms with E-state index in [4.69, 9.17) is 9.47 Å². The van der Waals surface area contributed by atoms with Gasteiger partial charge in [-0.3, -0.25) is 14.4 Å². The van der Waals surface area contributed by atoms with Crippen molar-refractivity contribution < 1.29 is 23.9 Å². The number of hydrogen-bond donors (Lipinski definition) is 0. The summed E-state index contributed by atoms with van der Waals surface area (Å²) in [7, 11) is 1.31. The van der Waals surface area contributed by atoms with Gasteiger partial charge >= 0.3 is 11.9 Å². The SMILES string of the molecule is COC(=O)C[C@H]1C(C(=O)OC(C)(C)C)C(=O)C[C@H](C)[C@H]1C. The van der Waals surface area contributed by atoms with Crippen LogP contribution in [0.5, 0.6) is 0 Å². The molecular formula is C16H26O5. The minimum Gasteiger partial charge on any atom is -0.469 e. The summed E-state index contributed by atoms with van der Waals surface area (Å²) in [6.45, 7) is 9.24. The zero-order chi connectivity index (χ0) is 16.4. The Balaban J connectivity index is 3.01. The predicted octanol–water partition coefficient (Wildman–Crippen LogP) is 2.37. The lowest BCUT2D eigenvalue weighted by atomic mass is 9.66. The van der Waals surface area contributed by atoms with E-state index in [-0.39, 0.29) is 30.0 Å². The molecular weight excluding hydrogens is 272 g/mol. The van der Waals surface area contributed by atoms with Crippen molar-refractivity contribution in [3.63, 3.8) is 0 Å². The fourth-order valence-corrected chi connectivity index (χ4v) is 2.85. The molecule has 1 rings (SSSR count).